The Bertz CT molecular complexity index is 2890. The van der Waals surface area contributed by atoms with Gasteiger partial charge in [0.2, 0.25) is 5.91 Å². The first-order valence-corrected chi connectivity index (χ1v) is 34.5. The van der Waals surface area contributed by atoms with Crippen LogP contribution in [0.15, 0.2) is 0 Å². The average molecular weight is 1910 g/mol. The molecule has 0 unspecified atom stereocenters. The highest BCUT2D eigenvalue weighted by molar-refractivity contribution is 5.76. The molecule has 722 valence electrons. The third-order valence-electron chi connectivity index (χ3n) is 18.3. The van der Waals surface area contributed by atoms with Crippen molar-refractivity contribution in [2.45, 2.75) is 342 Å². The highest BCUT2D eigenvalue weighted by Crippen LogP contribution is 2.66. The maximum Gasteiger partial charge on any atom is 0.460 e. The lowest BCUT2D eigenvalue weighted by Crippen LogP contribution is -2.70. The Morgan fingerprint density at radius 2 is 0.446 bits per heavy atom. The van der Waals surface area contributed by atoms with Crippen molar-refractivity contribution in [3.05, 3.63) is 0 Å². The molecule has 0 heterocycles. The Balaban J connectivity index is 7.74. The molecule has 0 fully saturated rings. The molecule has 59 heteroatoms. The van der Waals surface area contributed by atoms with Gasteiger partial charge < -0.3 is 19.3 Å². The Labute approximate surface area is 648 Å². The Morgan fingerprint density at radius 1 is 0.240 bits per heavy atom. The number of halogens is 52. The lowest BCUT2D eigenvalue weighted by molar-refractivity contribution is -0.440. The first kappa shape index (κ1) is 116. The minimum absolute atomic E-state index is 0.0733. The predicted octanol–water partition coefficient (Wildman–Crippen LogP) is 26.1. The Morgan fingerprint density at radius 3 is 0.678 bits per heavy atom. The summed E-state index contributed by atoms with van der Waals surface area (Å²) in [6.07, 6.45) is -70.4. The van der Waals surface area contributed by atoms with Crippen LogP contribution < -0.4 is 0 Å². The molecule has 0 aromatic heterocycles. The van der Waals surface area contributed by atoms with Crippen molar-refractivity contribution in [3.8, 4) is 0 Å². The molecule has 7 nitrogen and oxygen atoms in total. The standard InChI is InChI=1S/C62H70F52N2O5/c1-4-5-6-7-13-20-36(117)116(32-17-10-16-31-115(2)3)33(18-11-8-14-21-37(118)120-34(23-27-39(63,64)43(71,72)47(79,80)51(87,88)55(95,96)59(103,104)105)24-28-40(65,66)44(73,74)48(81,82)52(89,90)56(97,98)60(106,107)108)19-12-9-15-22-38(119)121-35(25-29-41(67,68)45(75,76)49(83,84)53(91,92)57(99,100)61(109,110)111)26-30-42(69,70)46(77,78)50(85,86)54(93,94)58(101,102)62(112,113)114/h33-35H,4-32H2,1-3H3. The topological polar surface area (TPSA) is 76.2 Å². The molecule has 0 aromatic rings. The van der Waals surface area contributed by atoms with Gasteiger partial charge >= 0.3 is 155 Å². The molecule has 0 saturated heterocycles. The summed E-state index contributed by atoms with van der Waals surface area (Å²) in [5.41, 5.74) is 0. The van der Waals surface area contributed by atoms with E-state index in [4.69, 9.17) is 0 Å². The van der Waals surface area contributed by atoms with E-state index >= 15 is 0 Å². The Hall–Kier alpha value is -5.27. The normalized spacial score (nSPS) is 15.4. The number of hydrogen-bond donors (Lipinski definition) is 0. The van der Waals surface area contributed by atoms with Crippen LogP contribution in [0.3, 0.4) is 0 Å². The number of nitrogens with zero attached hydrogens (tertiary/aromatic N) is 2. The molecule has 1 amide bonds. The van der Waals surface area contributed by atoms with Gasteiger partial charge in [-0.2, -0.15) is 228 Å². The zero-order chi connectivity index (χ0) is 96.5. The molecule has 121 heavy (non-hydrogen) atoms. The molecule has 0 N–H and O–H groups in total. The van der Waals surface area contributed by atoms with Crippen LogP contribution in [0, 0.1) is 0 Å². The molecule has 0 spiro atoms. The van der Waals surface area contributed by atoms with Gasteiger partial charge in [0.15, 0.2) is 0 Å². The van der Waals surface area contributed by atoms with Crippen LogP contribution in [0.1, 0.15) is 180 Å². The van der Waals surface area contributed by atoms with Crippen molar-refractivity contribution >= 4 is 17.8 Å². The third kappa shape index (κ3) is 24.1. The van der Waals surface area contributed by atoms with Crippen LogP contribution >= 0.6 is 0 Å². The van der Waals surface area contributed by atoms with Crippen LogP contribution in [0.4, 0.5) is 228 Å². The number of carbonyl (C=O) groups is 3. The SMILES string of the molecule is CCCCCCCC(=O)N(CCCCCN(C)C)C(CCCCCC(=O)OC(CCC(F)(F)C(F)(F)C(F)(F)C(F)(F)C(F)(F)C(F)(F)F)CCC(F)(F)C(F)(F)C(F)(F)C(F)(F)C(F)(F)C(F)(F)F)CCCCCC(=O)OC(CCC(F)(F)C(F)(F)C(F)(F)C(F)(F)C(F)(F)C(F)(F)F)CCC(F)(F)C(F)(F)C(F)(F)C(F)(F)C(F)(F)C(F)(F)F. The molecular weight excluding hydrogens is 1840 g/mol. The lowest BCUT2D eigenvalue weighted by atomic mass is 9.89. The van der Waals surface area contributed by atoms with Crippen molar-refractivity contribution in [1.29, 1.82) is 0 Å². The van der Waals surface area contributed by atoms with Crippen LogP contribution in [0.5, 0.6) is 0 Å². The smallest absolute Gasteiger partial charge is 0.460 e. The van der Waals surface area contributed by atoms with E-state index < -0.39 is 295 Å². The summed E-state index contributed by atoms with van der Waals surface area (Å²) in [4.78, 5) is 42.8. The van der Waals surface area contributed by atoms with E-state index in [2.05, 4.69) is 9.47 Å². The van der Waals surface area contributed by atoms with E-state index in [1.807, 2.05) is 0 Å². The summed E-state index contributed by atoms with van der Waals surface area (Å²) >= 11 is 0. The lowest BCUT2D eigenvalue weighted by Gasteiger charge is -2.40. The molecule has 0 atom stereocenters. The van der Waals surface area contributed by atoms with Gasteiger partial charge in [0.25, 0.3) is 0 Å². The third-order valence-corrected chi connectivity index (χ3v) is 18.3. The molecular formula is C62H70F52N2O5. The molecule has 0 bridgehead atoms. The number of unbranched alkanes of at least 4 members (excludes halogenated alkanes) is 10. The quantitative estimate of drug-likeness (QED) is 0.0343. The zero-order valence-electron chi connectivity index (χ0n) is 61.3. The first-order valence-electron chi connectivity index (χ1n) is 34.5. The molecule has 0 aliphatic rings. The van der Waals surface area contributed by atoms with Gasteiger partial charge in [-0.3, -0.25) is 14.4 Å². The number of carbonyl (C=O) groups excluding carboxylic acids is 3. The number of rotatable bonds is 55. The minimum Gasteiger partial charge on any atom is -0.462 e. The molecule has 0 rings (SSSR count). The van der Waals surface area contributed by atoms with Gasteiger partial charge in [-0.1, -0.05) is 64.7 Å². The number of esters is 2. The number of amides is 1. The Kier molecular flexibility index (Phi) is 37.8. The monoisotopic (exact) mass is 1910 g/mol. The van der Waals surface area contributed by atoms with Crippen molar-refractivity contribution in [3.63, 3.8) is 0 Å². The highest BCUT2D eigenvalue weighted by atomic mass is 19.5. The van der Waals surface area contributed by atoms with E-state index in [9.17, 15) is 243 Å². The second kappa shape index (κ2) is 39.5. The van der Waals surface area contributed by atoms with E-state index in [-0.39, 0.29) is 32.2 Å². The van der Waals surface area contributed by atoms with Gasteiger partial charge in [0, 0.05) is 57.5 Å². The number of alkyl halides is 52. The van der Waals surface area contributed by atoms with E-state index in [0.717, 1.165) is 4.90 Å². The van der Waals surface area contributed by atoms with Crippen LogP contribution in [-0.4, -0.2) is 216 Å². The fourth-order valence-electron chi connectivity index (χ4n) is 10.7. The van der Waals surface area contributed by atoms with Gasteiger partial charge in [-0.25, -0.2) is 0 Å². The molecule has 0 aromatic carbocycles. The summed E-state index contributed by atoms with van der Waals surface area (Å²) in [6, 6.07) is -1.22. The van der Waals surface area contributed by atoms with Gasteiger partial charge in [-0.05, 0) is 91.3 Å². The van der Waals surface area contributed by atoms with Crippen molar-refractivity contribution in [1.82, 2.24) is 9.80 Å². The van der Waals surface area contributed by atoms with Crippen LogP contribution in [0.2, 0.25) is 0 Å². The molecule has 0 aliphatic heterocycles. The van der Waals surface area contributed by atoms with E-state index in [1.54, 1.807) is 25.9 Å². The largest absolute Gasteiger partial charge is 0.462 e. The van der Waals surface area contributed by atoms with E-state index in [0.29, 0.717) is 38.6 Å². The molecule has 0 radical (unpaired) electrons. The van der Waals surface area contributed by atoms with Gasteiger partial charge in [0.05, 0.1) is 0 Å². The molecule has 0 aliphatic carbocycles. The number of hydrogen-bond acceptors (Lipinski definition) is 6. The predicted molar refractivity (Wildman–Crippen MR) is 307 cm³/mol. The van der Waals surface area contributed by atoms with Gasteiger partial charge in [0.1, 0.15) is 12.2 Å². The van der Waals surface area contributed by atoms with E-state index in [1.165, 1.54) is 0 Å². The highest BCUT2D eigenvalue weighted by Gasteiger charge is 2.95. The summed E-state index contributed by atoms with van der Waals surface area (Å²) in [5, 5.41) is 0. The summed E-state index contributed by atoms with van der Waals surface area (Å²) in [7, 11) is 3.18. The van der Waals surface area contributed by atoms with Crippen LogP contribution in [-0.2, 0) is 23.9 Å². The summed E-state index contributed by atoms with van der Waals surface area (Å²) < 4.78 is 731. The van der Waals surface area contributed by atoms with Gasteiger partial charge in [-0.15, -0.1) is 0 Å². The van der Waals surface area contributed by atoms with Crippen molar-refractivity contribution in [2.24, 2.45) is 0 Å². The number of ether oxygens (including phenoxy) is 2. The average Bonchev–Trinajstić information content (AvgIpc) is 0.728. The van der Waals surface area contributed by atoms with Crippen LogP contribution in [0.25, 0.3) is 0 Å². The molecule has 0 saturated carbocycles. The summed E-state index contributed by atoms with van der Waals surface area (Å²) in [6.45, 7) is 1.86. The summed E-state index contributed by atoms with van der Waals surface area (Å²) in [5.74, 6) is -171. The fourth-order valence-corrected chi connectivity index (χ4v) is 10.7. The zero-order valence-corrected chi connectivity index (χ0v) is 61.3. The minimum atomic E-state index is -8.66. The second-order valence-electron chi connectivity index (χ2n) is 27.8. The maximum absolute atomic E-state index is 14.9. The fraction of sp³-hybridized carbons (Fsp3) is 0.952. The second-order valence-corrected chi connectivity index (χ2v) is 27.8. The maximum atomic E-state index is 14.9. The van der Waals surface area contributed by atoms with Crippen molar-refractivity contribution in [2.75, 3.05) is 27.2 Å². The first-order chi connectivity index (χ1) is 53.3. The van der Waals surface area contributed by atoms with Crippen molar-refractivity contribution < 1.29 is 252 Å².